The van der Waals surface area contributed by atoms with E-state index in [-0.39, 0.29) is 28.1 Å². The molecule has 0 atom stereocenters. The van der Waals surface area contributed by atoms with Crippen LogP contribution < -0.4 is 9.46 Å². The molecule has 0 amide bonds. The predicted molar refractivity (Wildman–Crippen MR) is 105 cm³/mol. The number of halogens is 1. The van der Waals surface area contributed by atoms with Gasteiger partial charge < -0.3 is 9.84 Å². The highest BCUT2D eigenvalue weighted by molar-refractivity contribution is 7.92. The number of carboxylic acids is 1. The molecule has 0 spiro atoms. The molecule has 1 aliphatic rings. The van der Waals surface area contributed by atoms with E-state index in [0.29, 0.717) is 10.6 Å². The van der Waals surface area contributed by atoms with Crippen molar-refractivity contribution in [3.8, 4) is 16.3 Å². The molecule has 0 saturated heterocycles. The Morgan fingerprint density at radius 2 is 1.93 bits per heavy atom. The predicted octanol–water partition coefficient (Wildman–Crippen LogP) is 3.99. The first-order chi connectivity index (χ1) is 13.8. The third-order valence-corrected chi connectivity index (χ3v) is 6.43. The van der Waals surface area contributed by atoms with Crippen molar-refractivity contribution in [3.05, 3.63) is 59.2 Å². The van der Waals surface area contributed by atoms with E-state index in [2.05, 4.69) is 9.71 Å². The number of benzene rings is 2. The average Bonchev–Trinajstić information content (AvgIpc) is 3.34. The first kappa shape index (κ1) is 19.3. The maximum atomic E-state index is 13.1. The summed E-state index contributed by atoms with van der Waals surface area (Å²) < 4.78 is 46.7. The number of ether oxygens (including phenoxy) is 1. The minimum atomic E-state index is -4.03. The fourth-order valence-electron chi connectivity index (χ4n) is 2.51. The van der Waals surface area contributed by atoms with Crippen LogP contribution in [-0.2, 0) is 10.0 Å². The van der Waals surface area contributed by atoms with Crippen molar-refractivity contribution in [3.63, 3.8) is 0 Å². The number of nitrogens with zero attached hydrogens (tertiary/aromatic N) is 1. The largest absolute Gasteiger partial charge is 0.488 e. The van der Waals surface area contributed by atoms with E-state index in [1.165, 1.54) is 47.8 Å². The molecule has 7 nitrogen and oxygen atoms in total. The van der Waals surface area contributed by atoms with E-state index in [0.717, 1.165) is 24.2 Å². The Morgan fingerprint density at radius 1 is 1.21 bits per heavy atom. The molecule has 2 N–H and O–H groups in total. The zero-order chi connectivity index (χ0) is 20.6. The highest BCUT2D eigenvalue weighted by Crippen LogP contribution is 2.34. The second kappa shape index (κ2) is 7.45. The molecule has 0 bridgehead atoms. The highest BCUT2D eigenvalue weighted by Gasteiger charge is 2.27. The lowest BCUT2D eigenvalue weighted by Gasteiger charge is -2.13. The summed E-state index contributed by atoms with van der Waals surface area (Å²) >= 11 is 1.12. The van der Waals surface area contributed by atoms with Gasteiger partial charge in [-0.2, -0.15) is 8.42 Å². The maximum absolute atomic E-state index is 13.1. The topological polar surface area (TPSA) is 106 Å². The molecule has 1 aromatic heterocycles. The van der Waals surface area contributed by atoms with Gasteiger partial charge in [-0.1, -0.05) is 0 Å². The lowest BCUT2D eigenvalue weighted by atomic mass is 10.2. The van der Waals surface area contributed by atoms with Gasteiger partial charge in [0.1, 0.15) is 16.6 Å². The zero-order valence-corrected chi connectivity index (χ0v) is 16.5. The second-order valence-corrected chi connectivity index (χ2v) is 8.92. The van der Waals surface area contributed by atoms with Crippen LogP contribution in [0.4, 0.5) is 10.1 Å². The van der Waals surface area contributed by atoms with E-state index < -0.39 is 21.8 Å². The summed E-state index contributed by atoms with van der Waals surface area (Å²) in [4.78, 5) is 15.3. The summed E-state index contributed by atoms with van der Waals surface area (Å²) in [5, 5.41) is 10.8. The standard InChI is InChI=1S/C19H15FN2O5S2/c20-13-4-1-11(2-5-13)18-21-17(10-28-18)29(25,26)22-15-8-3-12(19(23)24)9-16(15)27-14-6-7-14/h1-5,8-10,14,22H,6-7H2,(H,23,24). The monoisotopic (exact) mass is 434 g/mol. The van der Waals surface area contributed by atoms with Gasteiger partial charge in [-0.3, -0.25) is 4.72 Å². The first-order valence-electron chi connectivity index (χ1n) is 8.60. The highest BCUT2D eigenvalue weighted by atomic mass is 32.2. The van der Waals surface area contributed by atoms with Crippen LogP contribution in [-0.4, -0.2) is 30.6 Å². The molecular weight excluding hydrogens is 419 g/mol. The van der Waals surface area contributed by atoms with Crippen molar-refractivity contribution >= 4 is 33.0 Å². The molecule has 1 aliphatic carbocycles. The Balaban J connectivity index is 1.61. The molecule has 150 valence electrons. The summed E-state index contributed by atoms with van der Waals surface area (Å²) in [5.41, 5.74) is 0.732. The molecule has 10 heteroatoms. The lowest BCUT2D eigenvalue weighted by Crippen LogP contribution is -2.15. The number of thiazole rings is 1. The van der Waals surface area contributed by atoms with Crippen molar-refractivity contribution in [2.75, 3.05) is 4.72 Å². The number of rotatable bonds is 7. The SMILES string of the molecule is O=C(O)c1ccc(NS(=O)(=O)c2csc(-c3ccc(F)cc3)n2)c(OC2CC2)c1. The van der Waals surface area contributed by atoms with E-state index >= 15 is 0 Å². The minimum absolute atomic E-state index is 0.00384. The molecule has 0 unspecified atom stereocenters. The minimum Gasteiger partial charge on any atom is -0.488 e. The number of aromatic nitrogens is 1. The summed E-state index contributed by atoms with van der Waals surface area (Å²) in [6.45, 7) is 0. The average molecular weight is 434 g/mol. The number of carboxylic acid groups (broad SMARTS) is 1. The molecule has 2 aromatic carbocycles. The van der Waals surface area contributed by atoms with Gasteiger partial charge in [0.2, 0.25) is 0 Å². The maximum Gasteiger partial charge on any atom is 0.335 e. The molecular formula is C19H15FN2O5S2. The van der Waals surface area contributed by atoms with Gasteiger partial charge >= 0.3 is 5.97 Å². The molecule has 3 aromatic rings. The number of sulfonamides is 1. The number of hydrogen-bond donors (Lipinski definition) is 2. The zero-order valence-electron chi connectivity index (χ0n) is 14.8. The molecule has 0 aliphatic heterocycles. The Hall–Kier alpha value is -2.98. The van der Waals surface area contributed by atoms with Crippen molar-refractivity contribution < 1.29 is 27.4 Å². The van der Waals surface area contributed by atoms with Crippen LogP contribution in [0.3, 0.4) is 0 Å². The van der Waals surface area contributed by atoms with Crippen LogP contribution in [0.5, 0.6) is 5.75 Å². The Labute approximate surface area is 169 Å². The third kappa shape index (κ3) is 4.38. The Morgan fingerprint density at radius 3 is 2.59 bits per heavy atom. The van der Waals surface area contributed by atoms with Gasteiger partial charge in [-0.15, -0.1) is 11.3 Å². The molecule has 1 fully saturated rings. The Kier molecular flexibility index (Phi) is 4.97. The van der Waals surface area contributed by atoms with Crippen LogP contribution in [0, 0.1) is 5.82 Å². The fourth-order valence-corrected chi connectivity index (χ4v) is 4.68. The summed E-state index contributed by atoms with van der Waals surface area (Å²) in [6, 6.07) is 9.53. The number of anilines is 1. The number of hydrogen-bond acceptors (Lipinski definition) is 6. The van der Waals surface area contributed by atoms with Crippen LogP contribution in [0.15, 0.2) is 52.9 Å². The number of carbonyl (C=O) groups is 1. The molecule has 1 saturated carbocycles. The molecule has 29 heavy (non-hydrogen) atoms. The normalized spacial score (nSPS) is 13.8. The molecule has 0 radical (unpaired) electrons. The van der Waals surface area contributed by atoms with E-state index in [4.69, 9.17) is 9.84 Å². The van der Waals surface area contributed by atoms with Crippen molar-refractivity contribution in [2.45, 2.75) is 24.0 Å². The van der Waals surface area contributed by atoms with Gasteiger partial charge in [0.25, 0.3) is 10.0 Å². The van der Waals surface area contributed by atoms with Crippen molar-refractivity contribution in [2.24, 2.45) is 0 Å². The van der Waals surface area contributed by atoms with Crippen molar-refractivity contribution in [1.82, 2.24) is 4.98 Å². The summed E-state index contributed by atoms with van der Waals surface area (Å²) in [5.74, 6) is -1.37. The smallest absolute Gasteiger partial charge is 0.335 e. The van der Waals surface area contributed by atoms with Crippen molar-refractivity contribution in [1.29, 1.82) is 0 Å². The lowest BCUT2D eigenvalue weighted by molar-refractivity contribution is 0.0696. The van der Waals surface area contributed by atoms with E-state index in [9.17, 15) is 17.6 Å². The molecule has 4 rings (SSSR count). The van der Waals surface area contributed by atoms with E-state index in [1.807, 2.05) is 0 Å². The van der Waals surface area contributed by atoms with Gasteiger partial charge in [-0.25, -0.2) is 14.2 Å². The number of nitrogens with one attached hydrogen (secondary N) is 1. The second-order valence-electron chi connectivity index (χ2n) is 6.44. The molecule has 1 heterocycles. The summed E-state index contributed by atoms with van der Waals surface area (Å²) in [6.07, 6.45) is 1.61. The quantitative estimate of drug-likeness (QED) is 0.583. The van der Waals surface area contributed by atoms with Crippen LogP contribution in [0.2, 0.25) is 0 Å². The van der Waals surface area contributed by atoms with Crippen LogP contribution >= 0.6 is 11.3 Å². The Bertz CT molecular complexity index is 1170. The fraction of sp³-hybridized carbons (Fsp3) is 0.158. The number of aromatic carboxylic acids is 1. The third-order valence-electron chi connectivity index (χ3n) is 4.14. The van der Waals surface area contributed by atoms with E-state index in [1.54, 1.807) is 0 Å². The van der Waals surface area contributed by atoms with Crippen LogP contribution in [0.1, 0.15) is 23.2 Å². The van der Waals surface area contributed by atoms with Gasteiger partial charge in [-0.05, 0) is 55.3 Å². The van der Waals surface area contributed by atoms with Gasteiger partial charge in [0, 0.05) is 10.9 Å². The van der Waals surface area contributed by atoms with Gasteiger partial charge in [0.15, 0.2) is 5.03 Å². The summed E-state index contributed by atoms with van der Waals surface area (Å²) in [7, 11) is -4.03. The first-order valence-corrected chi connectivity index (χ1v) is 11.0. The van der Waals surface area contributed by atoms with Crippen LogP contribution in [0.25, 0.3) is 10.6 Å². The van der Waals surface area contributed by atoms with Gasteiger partial charge in [0.05, 0.1) is 17.4 Å².